The van der Waals surface area contributed by atoms with E-state index in [0.29, 0.717) is 5.56 Å². The van der Waals surface area contributed by atoms with Crippen molar-refractivity contribution in [1.29, 1.82) is 0 Å². The van der Waals surface area contributed by atoms with Crippen LogP contribution in [0.15, 0.2) is 30.3 Å². The molecule has 0 aliphatic carbocycles. The van der Waals surface area contributed by atoms with Gasteiger partial charge in [-0.2, -0.15) is 8.42 Å². The van der Waals surface area contributed by atoms with Crippen LogP contribution in [0.2, 0.25) is 0 Å². The highest BCUT2D eigenvalue weighted by Crippen LogP contribution is 2.12. The Morgan fingerprint density at radius 3 is 2.45 bits per heavy atom. The molecule has 1 rings (SSSR count). The topological polar surface area (TPSA) is 89.9 Å². The van der Waals surface area contributed by atoms with Crippen LogP contribution in [-0.4, -0.2) is 44.6 Å². The zero-order valence-corrected chi connectivity index (χ0v) is 12.2. The molecule has 0 spiro atoms. The first-order valence-corrected chi connectivity index (χ1v) is 7.80. The molecule has 0 saturated carbocycles. The molecule has 0 aromatic heterocycles. The summed E-state index contributed by atoms with van der Waals surface area (Å²) in [6, 6.07) is 8.38. The monoisotopic (exact) mass is 302 g/mol. The molecule has 0 amide bonds. The van der Waals surface area contributed by atoms with E-state index in [2.05, 4.69) is 4.18 Å². The average molecular weight is 302 g/mol. The minimum absolute atomic E-state index is 0.0299. The van der Waals surface area contributed by atoms with E-state index in [1.165, 1.54) is 6.92 Å². The maximum Gasteiger partial charge on any atom is 0.338 e. The first-order chi connectivity index (χ1) is 9.20. The molecule has 1 aromatic rings. The minimum atomic E-state index is -3.54. The lowest BCUT2D eigenvalue weighted by atomic mass is 10.1. The maximum absolute atomic E-state index is 11.7. The summed E-state index contributed by atoms with van der Waals surface area (Å²) in [5.74, 6) is -0.546. The smallest absolute Gasteiger partial charge is 0.338 e. The third-order valence-electron chi connectivity index (χ3n) is 2.46. The number of carbonyl (C=O) groups excluding carboxylic acids is 1. The second-order valence-electron chi connectivity index (χ2n) is 4.72. The van der Waals surface area contributed by atoms with Crippen LogP contribution in [0.25, 0.3) is 0 Å². The standard InChI is InChI=1S/C13H18O6S/c1-13(15,8-9-19-20(2,16)17)10-18-12(14)11-6-4-3-5-7-11/h3-7,15H,8-10H2,1-2H3/t13-/m0/s1. The van der Waals surface area contributed by atoms with E-state index in [1.54, 1.807) is 30.3 Å². The highest BCUT2D eigenvalue weighted by Gasteiger charge is 2.23. The molecule has 20 heavy (non-hydrogen) atoms. The van der Waals surface area contributed by atoms with Crippen molar-refractivity contribution in [1.82, 2.24) is 0 Å². The number of rotatable bonds is 7. The molecule has 0 unspecified atom stereocenters. The fraction of sp³-hybridized carbons (Fsp3) is 0.462. The Hall–Kier alpha value is -1.44. The number of esters is 1. The minimum Gasteiger partial charge on any atom is -0.459 e. The largest absolute Gasteiger partial charge is 0.459 e. The van der Waals surface area contributed by atoms with Crippen molar-refractivity contribution in [2.45, 2.75) is 18.9 Å². The zero-order chi connectivity index (χ0) is 15.2. The molecule has 0 radical (unpaired) electrons. The SMILES string of the molecule is C[C@](O)(CCOS(C)(=O)=O)COC(=O)c1ccccc1. The fourth-order valence-electron chi connectivity index (χ4n) is 1.36. The van der Waals surface area contributed by atoms with Gasteiger partial charge >= 0.3 is 5.97 Å². The molecule has 0 heterocycles. The van der Waals surface area contributed by atoms with Gasteiger partial charge in [0.1, 0.15) is 6.61 Å². The molecule has 6 nitrogen and oxygen atoms in total. The van der Waals surface area contributed by atoms with Crippen molar-refractivity contribution in [3.05, 3.63) is 35.9 Å². The molecule has 1 atom stereocenters. The summed E-state index contributed by atoms with van der Waals surface area (Å²) in [5, 5.41) is 9.96. The van der Waals surface area contributed by atoms with Gasteiger partial charge in [0.15, 0.2) is 0 Å². The lowest BCUT2D eigenvalue weighted by molar-refractivity contribution is -0.0309. The number of carbonyl (C=O) groups is 1. The lowest BCUT2D eigenvalue weighted by Gasteiger charge is -2.22. The summed E-state index contributed by atoms with van der Waals surface area (Å²) >= 11 is 0. The van der Waals surface area contributed by atoms with Crippen LogP contribution in [0.4, 0.5) is 0 Å². The highest BCUT2D eigenvalue weighted by atomic mass is 32.2. The second kappa shape index (κ2) is 6.83. The Morgan fingerprint density at radius 2 is 1.90 bits per heavy atom. The molecule has 1 N–H and O–H groups in total. The van der Waals surface area contributed by atoms with Gasteiger partial charge in [-0.3, -0.25) is 4.18 Å². The van der Waals surface area contributed by atoms with Gasteiger partial charge in [0.25, 0.3) is 10.1 Å². The summed E-state index contributed by atoms with van der Waals surface area (Å²) in [7, 11) is -3.54. The van der Waals surface area contributed by atoms with Gasteiger partial charge in [0, 0.05) is 6.42 Å². The molecule has 112 valence electrons. The van der Waals surface area contributed by atoms with Gasteiger partial charge in [-0.1, -0.05) is 18.2 Å². The van der Waals surface area contributed by atoms with Gasteiger partial charge in [0.05, 0.1) is 24.0 Å². The van der Waals surface area contributed by atoms with Crippen LogP contribution in [0.5, 0.6) is 0 Å². The van der Waals surface area contributed by atoms with Gasteiger partial charge in [-0.25, -0.2) is 4.79 Å². The average Bonchev–Trinajstić information content (AvgIpc) is 2.35. The van der Waals surface area contributed by atoms with Gasteiger partial charge < -0.3 is 9.84 Å². The molecule has 0 bridgehead atoms. The Bertz CT molecular complexity index is 535. The van der Waals surface area contributed by atoms with E-state index in [-0.39, 0.29) is 19.6 Å². The molecular weight excluding hydrogens is 284 g/mol. The van der Waals surface area contributed by atoms with Crippen LogP contribution < -0.4 is 0 Å². The fourth-order valence-corrected chi connectivity index (χ4v) is 1.75. The molecular formula is C13H18O6S. The van der Waals surface area contributed by atoms with E-state index in [4.69, 9.17) is 4.74 Å². The third-order valence-corrected chi connectivity index (χ3v) is 3.06. The Kier molecular flexibility index (Phi) is 5.67. The van der Waals surface area contributed by atoms with Crippen LogP contribution in [0.3, 0.4) is 0 Å². The Morgan fingerprint density at radius 1 is 1.30 bits per heavy atom. The van der Waals surface area contributed by atoms with Crippen molar-refractivity contribution in [2.75, 3.05) is 19.5 Å². The summed E-state index contributed by atoms with van der Waals surface area (Å²) in [5.41, 5.74) is -0.967. The van der Waals surface area contributed by atoms with Crippen molar-refractivity contribution in [3.63, 3.8) is 0 Å². The van der Waals surface area contributed by atoms with Crippen LogP contribution in [0.1, 0.15) is 23.7 Å². The molecule has 0 fully saturated rings. The molecule has 0 aliphatic rings. The summed E-state index contributed by atoms with van der Waals surface area (Å²) < 4.78 is 31.1. The summed E-state index contributed by atoms with van der Waals surface area (Å²) in [6.07, 6.45) is 0.958. The zero-order valence-electron chi connectivity index (χ0n) is 11.4. The van der Waals surface area contributed by atoms with E-state index in [9.17, 15) is 18.3 Å². The third kappa shape index (κ3) is 6.65. The van der Waals surface area contributed by atoms with Gasteiger partial charge in [0.2, 0.25) is 0 Å². The number of benzene rings is 1. The molecule has 0 saturated heterocycles. The Balaban J connectivity index is 2.41. The first-order valence-electron chi connectivity index (χ1n) is 5.99. The van der Waals surface area contributed by atoms with E-state index in [0.717, 1.165) is 6.26 Å². The van der Waals surface area contributed by atoms with Crippen molar-refractivity contribution < 1.29 is 27.2 Å². The van der Waals surface area contributed by atoms with Crippen molar-refractivity contribution in [2.24, 2.45) is 0 Å². The number of hydrogen-bond acceptors (Lipinski definition) is 6. The summed E-state index contributed by atoms with van der Waals surface area (Å²) in [4.78, 5) is 11.7. The lowest BCUT2D eigenvalue weighted by Crippen LogP contribution is -2.33. The van der Waals surface area contributed by atoms with E-state index < -0.39 is 21.7 Å². The highest BCUT2D eigenvalue weighted by molar-refractivity contribution is 7.85. The van der Waals surface area contributed by atoms with Crippen LogP contribution in [0, 0.1) is 0 Å². The predicted molar refractivity (Wildman–Crippen MR) is 72.8 cm³/mol. The molecule has 7 heteroatoms. The van der Waals surface area contributed by atoms with Crippen LogP contribution >= 0.6 is 0 Å². The summed E-state index contributed by atoms with van der Waals surface area (Å²) in [6.45, 7) is 1.03. The second-order valence-corrected chi connectivity index (χ2v) is 6.36. The number of ether oxygens (including phenoxy) is 1. The van der Waals surface area contributed by atoms with E-state index >= 15 is 0 Å². The predicted octanol–water partition coefficient (Wildman–Crippen LogP) is 0.961. The van der Waals surface area contributed by atoms with Crippen molar-refractivity contribution >= 4 is 16.1 Å². The Labute approximate surface area is 118 Å². The quantitative estimate of drug-likeness (QED) is 0.596. The number of hydrogen-bond donors (Lipinski definition) is 1. The first kappa shape index (κ1) is 16.6. The van der Waals surface area contributed by atoms with Gasteiger partial charge in [-0.05, 0) is 19.1 Å². The molecule has 1 aromatic carbocycles. The number of aliphatic hydroxyl groups is 1. The molecule has 0 aliphatic heterocycles. The normalized spacial score (nSPS) is 14.6. The maximum atomic E-state index is 11.7. The van der Waals surface area contributed by atoms with Crippen LogP contribution in [-0.2, 0) is 19.0 Å². The van der Waals surface area contributed by atoms with Crippen molar-refractivity contribution in [3.8, 4) is 0 Å². The van der Waals surface area contributed by atoms with Gasteiger partial charge in [-0.15, -0.1) is 0 Å². The van der Waals surface area contributed by atoms with E-state index in [1.807, 2.05) is 0 Å².